The highest BCUT2D eigenvalue weighted by Crippen LogP contribution is 2.17. The molecule has 0 radical (unpaired) electrons. The molecule has 0 bridgehead atoms. The lowest BCUT2D eigenvalue weighted by atomic mass is 10.1. The van der Waals surface area contributed by atoms with E-state index in [2.05, 4.69) is 24.3 Å². The predicted octanol–water partition coefficient (Wildman–Crippen LogP) is 1.07. The van der Waals surface area contributed by atoms with Crippen LogP contribution in [0.5, 0.6) is 0 Å². The van der Waals surface area contributed by atoms with Gasteiger partial charge in [-0.25, -0.2) is 8.42 Å². The van der Waals surface area contributed by atoms with Crippen molar-refractivity contribution >= 4 is 10.0 Å². The van der Waals surface area contributed by atoms with Crippen LogP contribution in [0.15, 0.2) is 6.20 Å². The van der Waals surface area contributed by atoms with Crippen molar-refractivity contribution < 1.29 is 13.2 Å². The van der Waals surface area contributed by atoms with Gasteiger partial charge in [-0.15, -0.1) is 0 Å². The average molecular weight is 359 g/mol. The lowest BCUT2D eigenvalue weighted by Gasteiger charge is -2.34. The van der Waals surface area contributed by atoms with Gasteiger partial charge in [-0.2, -0.15) is 9.40 Å². The van der Waals surface area contributed by atoms with Gasteiger partial charge in [0.25, 0.3) is 0 Å². The third-order valence-electron chi connectivity index (χ3n) is 4.12. The van der Waals surface area contributed by atoms with Crippen LogP contribution in [0.1, 0.15) is 44.9 Å². The number of sulfonamides is 1. The van der Waals surface area contributed by atoms with Crippen molar-refractivity contribution in [1.29, 1.82) is 0 Å². The first-order chi connectivity index (χ1) is 11.2. The van der Waals surface area contributed by atoms with E-state index in [1.165, 1.54) is 0 Å². The van der Waals surface area contributed by atoms with Crippen molar-refractivity contribution in [2.24, 2.45) is 7.05 Å². The van der Waals surface area contributed by atoms with Crippen LogP contribution in [0.4, 0.5) is 0 Å². The molecule has 1 aliphatic rings. The molecule has 0 amide bonds. The summed E-state index contributed by atoms with van der Waals surface area (Å²) in [6, 6.07) is 0. The summed E-state index contributed by atoms with van der Waals surface area (Å²) in [5, 5.41) is 7.70. The maximum atomic E-state index is 12.5. The summed E-state index contributed by atoms with van der Waals surface area (Å²) < 4.78 is 33.9. The monoisotopic (exact) mass is 358 g/mol. The van der Waals surface area contributed by atoms with Gasteiger partial charge in [0, 0.05) is 45.0 Å². The quantitative estimate of drug-likeness (QED) is 0.738. The third-order valence-corrected chi connectivity index (χ3v) is 5.92. The van der Waals surface area contributed by atoms with Gasteiger partial charge in [-0.1, -0.05) is 13.8 Å². The van der Waals surface area contributed by atoms with Crippen LogP contribution >= 0.6 is 0 Å². The molecule has 1 saturated heterocycles. The second kappa shape index (κ2) is 7.95. The zero-order valence-electron chi connectivity index (χ0n) is 15.3. The number of hydrogen-bond acceptors (Lipinski definition) is 5. The third kappa shape index (κ3) is 5.02. The number of aryl methyl sites for hydroxylation is 1. The largest absolute Gasteiger partial charge is 0.373 e. The first kappa shape index (κ1) is 19.4. The number of hydrogen-bond donors (Lipinski definition) is 1. The SMILES string of the molecule is CC(C)c1nn(C)cc1CNCCS(=O)(=O)N1C[C@@H](C)O[C@H](C)C1. The Bertz CT molecular complexity index is 632. The summed E-state index contributed by atoms with van der Waals surface area (Å²) in [4.78, 5) is 0. The Balaban J connectivity index is 1.85. The molecular weight excluding hydrogens is 328 g/mol. The molecule has 8 heteroatoms. The van der Waals surface area contributed by atoms with Gasteiger partial charge in [0.05, 0.1) is 23.7 Å². The molecule has 1 fully saturated rings. The minimum atomic E-state index is -3.25. The van der Waals surface area contributed by atoms with Crippen molar-refractivity contribution in [1.82, 2.24) is 19.4 Å². The topological polar surface area (TPSA) is 76.5 Å². The second-order valence-corrected chi connectivity index (χ2v) is 9.02. The Kier molecular flexibility index (Phi) is 6.41. The summed E-state index contributed by atoms with van der Waals surface area (Å²) >= 11 is 0. The summed E-state index contributed by atoms with van der Waals surface area (Å²) in [6.45, 7) is 9.97. The van der Waals surface area contributed by atoms with E-state index in [0.717, 1.165) is 11.3 Å². The minimum Gasteiger partial charge on any atom is -0.373 e. The smallest absolute Gasteiger partial charge is 0.215 e. The number of morpholine rings is 1. The molecule has 0 spiro atoms. The predicted molar refractivity (Wildman–Crippen MR) is 94.4 cm³/mol. The standard InChI is InChI=1S/C16H30N4O3S/c1-12(2)16-15(11-19(5)18-16)8-17-6-7-24(21,22)20-9-13(3)23-14(4)10-20/h11-14,17H,6-10H2,1-5H3/t13-,14-/m1/s1. The Morgan fingerprint density at radius 3 is 2.54 bits per heavy atom. The maximum Gasteiger partial charge on any atom is 0.215 e. The van der Waals surface area contributed by atoms with E-state index in [0.29, 0.717) is 32.1 Å². The van der Waals surface area contributed by atoms with Crippen LogP contribution in [-0.4, -0.2) is 60.1 Å². The second-order valence-electron chi connectivity index (χ2n) is 6.94. The Hall–Kier alpha value is -0.960. The van der Waals surface area contributed by atoms with Crippen LogP contribution in [0.3, 0.4) is 0 Å². The normalized spacial score (nSPS) is 23.1. The van der Waals surface area contributed by atoms with E-state index in [1.807, 2.05) is 27.1 Å². The van der Waals surface area contributed by atoms with Crippen LogP contribution in [-0.2, 0) is 28.4 Å². The van der Waals surface area contributed by atoms with Gasteiger partial charge in [0.2, 0.25) is 10.0 Å². The molecule has 1 aromatic rings. The van der Waals surface area contributed by atoms with Crippen molar-refractivity contribution in [3.63, 3.8) is 0 Å². The molecule has 2 atom stereocenters. The van der Waals surface area contributed by atoms with Crippen molar-refractivity contribution in [2.45, 2.75) is 52.4 Å². The van der Waals surface area contributed by atoms with Gasteiger partial charge in [0.1, 0.15) is 0 Å². The maximum absolute atomic E-state index is 12.5. The highest BCUT2D eigenvalue weighted by atomic mass is 32.2. The average Bonchev–Trinajstić information content (AvgIpc) is 2.84. The van der Waals surface area contributed by atoms with Crippen LogP contribution in [0.2, 0.25) is 0 Å². The number of aromatic nitrogens is 2. The van der Waals surface area contributed by atoms with E-state index in [-0.39, 0.29) is 18.0 Å². The molecule has 1 N–H and O–H groups in total. The molecule has 1 aromatic heterocycles. The molecule has 0 saturated carbocycles. The van der Waals surface area contributed by atoms with Crippen molar-refractivity contribution in [3.05, 3.63) is 17.5 Å². The number of nitrogens with one attached hydrogen (secondary N) is 1. The lowest BCUT2D eigenvalue weighted by molar-refractivity contribution is -0.0440. The zero-order chi connectivity index (χ0) is 17.9. The molecule has 2 heterocycles. The summed E-state index contributed by atoms with van der Waals surface area (Å²) in [7, 11) is -1.35. The first-order valence-electron chi connectivity index (χ1n) is 8.55. The minimum absolute atomic E-state index is 0.0551. The molecule has 2 rings (SSSR count). The summed E-state index contributed by atoms with van der Waals surface area (Å²) in [5.41, 5.74) is 2.18. The fraction of sp³-hybridized carbons (Fsp3) is 0.812. The van der Waals surface area contributed by atoms with Crippen molar-refractivity contribution in [3.8, 4) is 0 Å². The summed E-state index contributed by atoms with van der Waals surface area (Å²) in [5.74, 6) is 0.451. The van der Waals surface area contributed by atoms with Gasteiger partial charge < -0.3 is 10.1 Å². The van der Waals surface area contributed by atoms with E-state index in [4.69, 9.17) is 4.74 Å². The molecule has 1 aliphatic heterocycles. The number of rotatable bonds is 7. The van der Waals surface area contributed by atoms with Gasteiger partial charge >= 0.3 is 0 Å². The molecule has 0 unspecified atom stereocenters. The van der Waals surface area contributed by atoms with E-state index in [9.17, 15) is 8.42 Å². The molecule has 7 nitrogen and oxygen atoms in total. The van der Waals surface area contributed by atoms with E-state index in [1.54, 1.807) is 8.99 Å². The lowest BCUT2D eigenvalue weighted by Crippen LogP contribution is -2.49. The molecule has 0 aromatic carbocycles. The Morgan fingerprint density at radius 1 is 1.33 bits per heavy atom. The number of ether oxygens (including phenoxy) is 1. The molecule has 0 aliphatic carbocycles. The fourth-order valence-electron chi connectivity index (χ4n) is 3.09. The molecule has 24 heavy (non-hydrogen) atoms. The highest BCUT2D eigenvalue weighted by Gasteiger charge is 2.30. The van der Waals surface area contributed by atoms with Crippen LogP contribution in [0.25, 0.3) is 0 Å². The van der Waals surface area contributed by atoms with Gasteiger partial charge in [0.15, 0.2) is 0 Å². The number of nitrogens with zero attached hydrogens (tertiary/aromatic N) is 3. The Labute approximate surface area is 145 Å². The first-order valence-corrected chi connectivity index (χ1v) is 10.2. The van der Waals surface area contributed by atoms with Gasteiger partial charge in [-0.05, 0) is 19.8 Å². The molecular formula is C16H30N4O3S. The van der Waals surface area contributed by atoms with E-state index < -0.39 is 10.0 Å². The molecule has 138 valence electrons. The van der Waals surface area contributed by atoms with Crippen LogP contribution < -0.4 is 5.32 Å². The highest BCUT2D eigenvalue weighted by molar-refractivity contribution is 7.89. The van der Waals surface area contributed by atoms with Crippen LogP contribution in [0, 0.1) is 0 Å². The van der Waals surface area contributed by atoms with Crippen molar-refractivity contribution in [2.75, 3.05) is 25.4 Å². The summed E-state index contributed by atoms with van der Waals surface area (Å²) in [6.07, 6.45) is 1.88. The van der Waals surface area contributed by atoms with E-state index >= 15 is 0 Å². The Morgan fingerprint density at radius 2 is 1.96 bits per heavy atom. The van der Waals surface area contributed by atoms with Gasteiger partial charge in [-0.3, -0.25) is 4.68 Å². The zero-order valence-corrected chi connectivity index (χ0v) is 16.1. The fourth-order valence-corrected chi connectivity index (χ4v) is 4.62.